The van der Waals surface area contributed by atoms with Gasteiger partial charge in [-0.05, 0) is 86.0 Å². The third-order valence-electron chi connectivity index (χ3n) is 6.00. The highest BCUT2D eigenvalue weighted by Gasteiger charge is 2.14. The molecule has 0 heterocycles. The first kappa shape index (κ1) is 31.4. The van der Waals surface area contributed by atoms with Crippen LogP contribution in [0.5, 0.6) is 11.5 Å². The zero-order chi connectivity index (χ0) is 29.8. The van der Waals surface area contributed by atoms with Gasteiger partial charge in [0, 0.05) is 24.1 Å². The molecule has 0 saturated heterocycles. The largest absolute Gasteiger partial charge is 0.508 e. The summed E-state index contributed by atoms with van der Waals surface area (Å²) in [5, 5.41) is 22.2. The van der Waals surface area contributed by atoms with E-state index in [2.05, 4.69) is 17.7 Å². The Hall–Kier alpha value is -4.83. The second-order valence-electron chi connectivity index (χ2n) is 9.20. The van der Waals surface area contributed by atoms with Crippen molar-refractivity contribution >= 4 is 23.1 Å². The highest BCUT2D eigenvalue weighted by molar-refractivity contribution is 5.93. The highest BCUT2D eigenvalue weighted by Crippen LogP contribution is 2.32. The number of aromatic carboxylic acids is 1. The fraction of sp³-hybridized carbons (Fsp3) is 0.212. The minimum absolute atomic E-state index is 0.0929. The van der Waals surface area contributed by atoms with Crippen molar-refractivity contribution in [2.24, 2.45) is 0 Å². The molecule has 0 radical (unpaired) electrons. The van der Waals surface area contributed by atoms with Crippen LogP contribution in [0.1, 0.15) is 67.6 Å². The Kier molecular flexibility index (Phi) is 11.7. The average Bonchev–Trinajstić information content (AvgIpc) is 2.91. The van der Waals surface area contributed by atoms with Crippen molar-refractivity contribution < 1.29 is 28.9 Å². The molecule has 40 heavy (non-hydrogen) atoms. The van der Waals surface area contributed by atoms with Crippen molar-refractivity contribution in [2.75, 3.05) is 5.32 Å². The number of hydrogen-bond acceptors (Lipinski definition) is 4. The number of carbonyl (C=O) groups excluding carboxylic acids is 1. The molecule has 0 bridgehead atoms. The van der Waals surface area contributed by atoms with Gasteiger partial charge in [0.05, 0.1) is 5.56 Å². The summed E-state index contributed by atoms with van der Waals surface area (Å²) < 4.78 is 19.1. The van der Waals surface area contributed by atoms with Gasteiger partial charge in [-0.1, -0.05) is 36.8 Å². The summed E-state index contributed by atoms with van der Waals surface area (Å²) in [6, 6.07) is 15.7. The Bertz CT molecular complexity index is 1450. The van der Waals surface area contributed by atoms with Gasteiger partial charge in [0.1, 0.15) is 23.9 Å². The number of terminal acetylenes is 1. The number of aromatic hydroxyl groups is 1. The normalized spacial score (nSPS) is 11.9. The summed E-state index contributed by atoms with van der Waals surface area (Å²) >= 11 is 0. The van der Waals surface area contributed by atoms with Crippen molar-refractivity contribution in [3.05, 3.63) is 106 Å². The maximum atomic E-state index is 13.2. The van der Waals surface area contributed by atoms with Crippen LogP contribution >= 0.6 is 0 Å². The molecule has 1 atom stereocenters. The van der Waals surface area contributed by atoms with E-state index in [9.17, 15) is 24.2 Å². The lowest BCUT2D eigenvalue weighted by Gasteiger charge is -2.16. The molecule has 0 aliphatic rings. The number of carbonyl (C=O) groups is 2. The van der Waals surface area contributed by atoms with Gasteiger partial charge >= 0.3 is 5.97 Å². The summed E-state index contributed by atoms with van der Waals surface area (Å²) in [5.41, 5.74) is 4.60. The van der Waals surface area contributed by atoms with Crippen molar-refractivity contribution in [2.45, 2.75) is 47.1 Å². The molecular weight excluding hydrogens is 509 g/mol. The first-order chi connectivity index (χ1) is 18.9. The zero-order valence-corrected chi connectivity index (χ0v) is 23.3. The molecular formula is C33H34FNO5. The summed E-state index contributed by atoms with van der Waals surface area (Å²) in [5.74, 6) is 1.12. The monoisotopic (exact) mass is 543 g/mol. The van der Waals surface area contributed by atoms with Crippen molar-refractivity contribution in [3.8, 4) is 23.8 Å². The summed E-state index contributed by atoms with van der Waals surface area (Å²) in [6.07, 6.45) is 8.43. The number of halogens is 1. The molecule has 0 aliphatic carbocycles. The molecule has 1 amide bonds. The predicted octanol–water partition coefficient (Wildman–Crippen LogP) is 7.56. The number of hydrogen-bond donors (Lipinski definition) is 3. The number of ether oxygens (including phenoxy) is 1. The molecule has 3 N–H and O–H groups in total. The Morgan fingerprint density at radius 3 is 2.30 bits per heavy atom. The van der Waals surface area contributed by atoms with Crippen molar-refractivity contribution in [1.82, 2.24) is 0 Å². The Labute approximate surface area is 234 Å². The van der Waals surface area contributed by atoms with Gasteiger partial charge in [0.25, 0.3) is 0 Å². The number of phenols is 1. The van der Waals surface area contributed by atoms with E-state index in [-0.39, 0.29) is 35.6 Å². The van der Waals surface area contributed by atoms with E-state index in [0.29, 0.717) is 17.0 Å². The fourth-order valence-corrected chi connectivity index (χ4v) is 3.75. The molecule has 208 valence electrons. The van der Waals surface area contributed by atoms with Gasteiger partial charge in [0.15, 0.2) is 0 Å². The minimum Gasteiger partial charge on any atom is -0.508 e. The minimum atomic E-state index is -1.07. The Balaban J connectivity index is 0.00000178. The summed E-state index contributed by atoms with van der Waals surface area (Å²) in [4.78, 5) is 23.1. The molecule has 7 heteroatoms. The van der Waals surface area contributed by atoms with Gasteiger partial charge < -0.3 is 20.3 Å². The zero-order valence-electron chi connectivity index (χ0n) is 23.3. The molecule has 6 nitrogen and oxygen atoms in total. The number of anilines is 1. The molecule has 3 rings (SSSR count). The van der Waals surface area contributed by atoms with Crippen LogP contribution in [0, 0.1) is 18.2 Å². The average molecular weight is 544 g/mol. The van der Waals surface area contributed by atoms with Gasteiger partial charge in [-0.2, -0.15) is 0 Å². The second-order valence-corrected chi connectivity index (χ2v) is 9.20. The third-order valence-corrected chi connectivity index (χ3v) is 6.00. The second kappa shape index (κ2) is 14.9. The lowest BCUT2D eigenvalue weighted by Crippen LogP contribution is -2.09. The van der Waals surface area contributed by atoms with E-state index < -0.39 is 5.97 Å². The molecule has 0 aliphatic heterocycles. The van der Waals surface area contributed by atoms with Crippen LogP contribution in [0.15, 0.2) is 78.4 Å². The molecule has 3 aromatic rings. The number of benzene rings is 3. The smallest absolute Gasteiger partial charge is 0.335 e. The molecule has 3 aromatic carbocycles. The van der Waals surface area contributed by atoms with E-state index in [4.69, 9.17) is 4.74 Å². The van der Waals surface area contributed by atoms with Crippen LogP contribution < -0.4 is 10.1 Å². The molecule has 0 fully saturated rings. The first-order valence-electron chi connectivity index (χ1n) is 12.5. The maximum Gasteiger partial charge on any atom is 0.335 e. The van der Waals surface area contributed by atoms with E-state index in [0.717, 1.165) is 22.3 Å². The van der Waals surface area contributed by atoms with Crippen LogP contribution in [0.4, 0.5) is 10.1 Å². The van der Waals surface area contributed by atoms with Crippen LogP contribution in [-0.4, -0.2) is 22.1 Å². The van der Waals surface area contributed by atoms with Gasteiger partial charge in [0.2, 0.25) is 5.91 Å². The number of nitrogens with one attached hydrogen (secondary N) is 1. The number of phenolic OH excluding ortho intramolecular Hbond substituents is 1. The van der Waals surface area contributed by atoms with E-state index >= 15 is 0 Å². The number of carboxylic acids is 1. The van der Waals surface area contributed by atoms with Gasteiger partial charge in [-0.25, -0.2) is 9.18 Å². The Morgan fingerprint density at radius 2 is 1.70 bits per heavy atom. The van der Waals surface area contributed by atoms with Gasteiger partial charge in [-0.15, -0.1) is 12.3 Å². The number of rotatable bonds is 9. The first-order valence-corrected chi connectivity index (χ1v) is 12.5. The lowest BCUT2D eigenvalue weighted by atomic mass is 9.91. The number of allylic oxidation sites excluding steroid dienone is 4. The summed E-state index contributed by atoms with van der Waals surface area (Å²) in [6.45, 7) is 9.06. The van der Waals surface area contributed by atoms with Crippen LogP contribution in [0.25, 0.3) is 5.57 Å². The number of amides is 1. The lowest BCUT2D eigenvalue weighted by molar-refractivity contribution is -0.114. The van der Waals surface area contributed by atoms with E-state index in [1.54, 1.807) is 49.4 Å². The van der Waals surface area contributed by atoms with E-state index in [1.165, 1.54) is 25.1 Å². The van der Waals surface area contributed by atoms with E-state index in [1.807, 2.05) is 32.9 Å². The predicted molar refractivity (Wildman–Crippen MR) is 157 cm³/mol. The standard InChI is InChI=1S/C30H30FNO5.C3H4/c1-18(20(3)23-13-24(30(35)36)15-26(14-23)32-21(4)33)5-6-19(2)28-16-27(34)11-12-29(28)37-17-22-7-9-25(31)10-8-22;1-3-2/h5-16,20,34H,17H2,1-4H3,(H,32,33)(H,35,36);1H,2H3/b18-5-,19-6+;. The SMILES string of the molecule is C#CC.CC(=O)Nc1cc(C(=O)O)cc(C(C)/C(C)=C\C=C(/C)c2cc(O)ccc2OCc2ccc(F)cc2)c1. The van der Waals surface area contributed by atoms with Crippen LogP contribution in [-0.2, 0) is 11.4 Å². The molecule has 1 unspecified atom stereocenters. The van der Waals surface area contributed by atoms with Crippen LogP contribution in [0.3, 0.4) is 0 Å². The van der Waals surface area contributed by atoms with Gasteiger partial charge in [-0.3, -0.25) is 4.79 Å². The third kappa shape index (κ3) is 9.48. The summed E-state index contributed by atoms with van der Waals surface area (Å²) in [7, 11) is 0. The highest BCUT2D eigenvalue weighted by atomic mass is 19.1. The van der Waals surface area contributed by atoms with Crippen LogP contribution in [0.2, 0.25) is 0 Å². The quantitative estimate of drug-likeness (QED) is 0.191. The molecule has 0 aromatic heterocycles. The topological polar surface area (TPSA) is 95.9 Å². The number of carboxylic acid groups (broad SMARTS) is 1. The van der Waals surface area contributed by atoms with Crippen molar-refractivity contribution in [3.63, 3.8) is 0 Å². The maximum absolute atomic E-state index is 13.2. The molecule has 0 spiro atoms. The molecule has 0 saturated carbocycles. The fourth-order valence-electron chi connectivity index (χ4n) is 3.75. The van der Waals surface area contributed by atoms with Crippen molar-refractivity contribution in [1.29, 1.82) is 0 Å². The Morgan fingerprint density at radius 1 is 1.05 bits per heavy atom.